The Morgan fingerprint density at radius 3 is 2.11 bits per heavy atom. The van der Waals surface area contributed by atoms with E-state index in [0.29, 0.717) is 13.0 Å². The molecule has 5 nitrogen and oxygen atoms in total. The maximum Gasteiger partial charge on any atom is 0.307 e. The first-order valence-electron chi connectivity index (χ1n) is 6.83. The number of carbonyl (C=O) groups is 1. The van der Waals surface area contributed by atoms with E-state index in [2.05, 4.69) is 23.6 Å². The van der Waals surface area contributed by atoms with Crippen LogP contribution in [0.5, 0.6) is 0 Å². The van der Waals surface area contributed by atoms with Crippen LogP contribution in [-0.2, 0) is 4.79 Å². The molecule has 1 atom stereocenters. The molecule has 1 unspecified atom stereocenters. The van der Waals surface area contributed by atoms with Crippen molar-refractivity contribution in [2.45, 2.75) is 27.2 Å². The summed E-state index contributed by atoms with van der Waals surface area (Å²) >= 11 is 0. The summed E-state index contributed by atoms with van der Waals surface area (Å²) in [5, 5.41) is 17.8. The van der Waals surface area contributed by atoms with Crippen LogP contribution in [0.2, 0.25) is 0 Å². The highest BCUT2D eigenvalue weighted by molar-refractivity contribution is 5.69. The molecule has 18 heavy (non-hydrogen) atoms. The van der Waals surface area contributed by atoms with Gasteiger partial charge in [0, 0.05) is 32.8 Å². The van der Waals surface area contributed by atoms with Crippen LogP contribution in [0.25, 0.3) is 0 Å². The lowest BCUT2D eigenvalue weighted by Gasteiger charge is -2.27. The first kappa shape index (κ1) is 17.4. The maximum absolute atomic E-state index is 10.9. The SMILES string of the molecule is CCN(CC)CCN(CCCO)CC(C)C(=O)O. The summed E-state index contributed by atoms with van der Waals surface area (Å²) in [5.74, 6) is -1.12. The lowest BCUT2D eigenvalue weighted by Crippen LogP contribution is -2.39. The zero-order chi connectivity index (χ0) is 14.0. The van der Waals surface area contributed by atoms with Crippen LogP contribution in [-0.4, -0.2) is 71.9 Å². The smallest absolute Gasteiger partial charge is 0.307 e. The van der Waals surface area contributed by atoms with E-state index in [9.17, 15) is 4.79 Å². The highest BCUT2D eigenvalue weighted by Crippen LogP contribution is 2.02. The molecule has 0 saturated carbocycles. The van der Waals surface area contributed by atoms with E-state index in [1.54, 1.807) is 6.92 Å². The van der Waals surface area contributed by atoms with Crippen molar-refractivity contribution in [1.82, 2.24) is 9.80 Å². The molecule has 0 aromatic heterocycles. The van der Waals surface area contributed by atoms with Gasteiger partial charge in [-0.15, -0.1) is 0 Å². The Balaban J connectivity index is 4.16. The van der Waals surface area contributed by atoms with Gasteiger partial charge in [-0.25, -0.2) is 0 Å². The van der Waals surface area contributed by atoms with Gasteiger partial charge in [-0.3, -0.25) is 4.79 Å². The van der Waals surface area contributed by atoms with Gasteiger partial charge in [-0.05, 0) is 19.5 Å². The average molecular weight is 260 g/mol. The fourth-order valence-corrected chi connectivity index (χ4v) is 1.88. The molecular formula is C13H28N2O3. The molecule has 0 radical (unpaired) electrons. The van der Waals surface area contributed by atoms with E-state index in [-0.39, 0.29) is 12.5 Å². The number of rotatable bonds is 11. The standard InChI is InChI=1S/C13H28N2O3/c1-4-14(5-2)8-9-15(7-6-10-16)11-12(3)13(17)18/h12,16H,4-11H2,1-3H3,(H,17,18). The van der Waals surface area contributed by atoms with Crippen molar-refractivity contribution in [1.29, 1.82) is 0 Å². The quantitative estimate of drug-likeness (QED) is 0.573. The third-order valence-electron chi connectivity index (χ3n) is 3.21. The second-order valence-electron chi connectivity index (χ2n) is 4.64. The van der Waals surface area contributed by atoms with E-state index >= 15 is 0 Å². The number of carboxylic acid groups (broad SMARTS) is 1. The second-order valence-corrected chi connectivity index (χ2v) is 4.64. The summed E-state index contributed by atoms with van der Waals surface area (Å²) in [6.45, 7) is 11.3. The Kier molecular flexibility index (Phi) is 9.92. The van der Waals surface area contributed by atoms with Crippen LogP contribution in [0.4, 0.5) is 0 Å². The van der Waals surface area contributed by atoms with E-state index in [4.69, 9.17) is 10.2 Å². The predicted molar refractivity (Wildman–Crippen MR) is 72.7 cm³/mol. The van der Waals surface area contributed by atoms with E-state index < -0.39 is 5.97 Å². The van der Waals surface area contributed by atoms with Crippen molar-refractivity contribution in [3.63, 3.8) is 0 Å². The number of hydrogen-bond donors (Lipinski definition) is 2. The number of likely N-dealkylation sites (N-methyl/N-ethyl adjacent to an activating group) is 1. The summed E-state index contributed by atoms with van der Waals surface area (Å²) in [6.07, 6.45) is 0.699. The summed E-state index contributed by atoms with van der Waals surface area (Å²) in [4.78, 5) is 15.3. The number of nitrogens with zero attached hydrogens (tertiary/aromatic N) is 2. The lowest BCUT2D eigenvalue weighted by molar-refractivity contribution is -0.141. The van der Waals surface area contributed by atoms with Crippen molar-refractivity contribution in [2.75, 3.05) is 45.9 Å². The number of aliphatic hydroxyl groups is 1. The fourth-order valence-electron chi connectivity index (χ4n) is 1.88. The van der Waals surface area contributed by atoms with E-state index in [0.717, 1.165) is 32.7 Å². The third kappa shape index (κ3) is 7.63. The van der Waals surface area contributed by atoms with Crippen molar-refractivity contribution in [2.24, 2.45) is 5.92 Å². The number of carboxylic acids is 1. The Hall–Kier alpha value is -0.650. The molecule has 0 saturated heterocycles. The highest BCUT2D eigenvalue weighted by atomic mass is 16.4. The van der Waals surface area contributed by atoms with Crippen LogP contribution in [0.15, 0.2) is 0 Å². The van der Waals surface area contributed by atoms with Gasteiger partial charge in [0.15, 0.2) is 0 Å². The predicted octanol–water partition coefficient (Wildman–Crippen LogP) is 0.733. The summed E-state index contributed by atoms with van der Waals surface area (Å²) in [6, 6.07) is 0. The van der Waals surface area contributed by atoms with Gasteiger partial charge < -0.3 is 20.0 Å². The monoisotopic (exact) mass is 260 g/mol. The minimum atomic E-state index is -0.758. The third-order valence-corrected chi connectivity index (χ3v) is 3.21. The zero-order valence-corrected chi connectivity index (χ0v) is 11.9. The number of aliphatic hydroxyl groups excluding tert-OH is 1. The largest absolute Gasteiger partial charge is 0.481 e. The molecule has 0 aliphatic carbocycles. The van der Waals surface area contributed by atoms with Gasteiger partial charge in [0.05, 0.1) is 5.92 Å². The Labute approximate surface area is 110 Å². The Morgan fingerprint density at radius 2 is 1.67 bits per heavy atom. The molecule has 108 valence electrons. The lowest BCUT2D eigenvalue weighted by atomic mass is 10.1. The fraction of sp³-hybridized carbons (Fsp3) is 0.923. The molecule has 0 rings (SSSR count). The molecule has 2 N–H and O–H groups in total. The van der Waals surface area contributed by atoms with Gasteiger partial charge in [-0.1, -0.05) is 20.8 Å². The first-order chi connectivity index (χ1) is 8.54. The zero-order valence-electron chi connectivity index (χ0n) is 11.9. The average Bonchev–Trinajstić information content (AvgIpc) is 2.36. The number of hydrogen-bond acceptors (Lipinski definition) is 4. The molecule has 0 aromatic carbocycles. The normalized spacial score (nSPS) is 13.2. The highest BCUT2D eigenvalue weighted by Gasteiger charge is 2.16. The van der Waals surface area contributed by atoms with Crippen molar-refractivity contribution in [3.05, 3.63) is 0 Å². The molecule has 0 aromatic rings. The molecule has 0 amide bonds. The molecule has 0 aliphatic rings. The summed E-state index contributed by atoms with van der Waals surface area (Å²) < 4.78 is 0. The molecule has 0 bridgehead atoms. The molecule has 5 heteroatoms. The van der Waals surface area contributed by atoms with Crippen molar-refractivity contribution >= 4 is 5.97 Å². The van der Waals surface area contributed by atoms with Gasteiger partial charge in [0.1, 0.15) is 0 Å². The minimum Gasteiger partial charge on any atom is -0.481 e. The summed E-state index contributed by atoms with van der Waals surface area (Å²) in [7, 11) is 0. The molecule has 0 spiro atoms. The van der Waals surface area contributed by atoms with Gasteiger partial charge >= 0.3 is 5.97 Å². The second kappa shape index (κ2) is 10.3. The maximum atomic E-state index is 10.9. The van der Waals surface area contributed by atoms with Crippen LogP contribution in [0.3, 0.4) is 0 Å². The van der Waals surface area contributed by atoms with Crippen LogP contribution in [0.1, 0.15) is 27.2 Å². The van der Waals surface area contributed by atoms with Crippen molar-refractivity contribution in [3.8, 4) is 0 Å². The van der Waals surface area contributed by atoms with E-state index in [1.807, 2.05) is 0 Å². The summed E-state index contributed by atoms with van der Waals surface area (Å²) in [5.41, 5.74) is 0. The minimum absolute atomic E-state index is 0.156. The Morgan fingerprint density at radius 1 is 1.11 bits per heavy atom. The molecule has 0 fully saturated rings. The first-order valence-corrected chi connectivity index (χ1v) is 6.83. The van der Waals surface area contributed by atoms with Gasteiger partial charge in [0.25, 0.3) is 0 Å². The van der Waals surface area contributed by atoms with Gasteiger partial charge in [-0.2, -0.15) is 0 Å². The van der Waals surface area contributed by atoms with Gasteiger partial charge in [0.2, 0.25) is 0 Å². The number of aliphatic carboxylic acids is 1. The van der Waals surface area contributed by atoms with Crippen LogP contribution < -0.4 is 0 Å². The van der Waals surface area contributed by atoms with Crippen LogP contribution in [0, 0.1) is 5.92 Å². The van der Waals surface area contributed by atoms with Crippen LogP contribution >= 0.6 is 0 Å². The molecular weight excluding hydrogens is 232 g/mol. The molecule has 0 aliphatic heterocycles. The van der Waals surface area contributed by atoms with Crippen molar-refractivity contribution < 1.29 is 15.0 Å². The molecule has 0 heterocycles. The Bertz CT molecular complexity index is 220. The topological polar surface area (TPSA) is 64.0 Å². The van der Waals surface area contributed by atoms with E-state index in [1.165, 1.54) is 0 Å².